The van der Waals surface area contributed by atoms with Crippen LogP contribution in [0.1, 0.15) is 33.4 Å². The molecule has 0 fully saturated rings. The van der Waals surface area contributed by atoms with Crippen molar-refractivity contribution in [2.24, 2.45) is 0 Å². The number of hydrogen-bond acceptors (Lipinski definition) is 1. The lowest BCUT2D eigenvalue weighted by Gasteiger charge is -2.23. The summed E-state index contributed by atoms with van der Waals surface area (Å²) in [5.41, 5.74) is 0.435. The molecule has 0 aliphatic rings. The molecule has 0 aliphatic carbocycles. The first-order chi connectivity index (χ1) is 31.4. The van der Waals surface area contributed by atoms with Gasteiger partial charge in [0.25, 0.3) is 0 Å². The highest BCUT2D eigenvalue weighted by Crippen LogP contribution is 2.48. The molecule has 0 unspecified atom stereocenters. The molecule has 0 radical (unpaired) electrons. The molecule has 0 N–H and O–H groups in total. The second-order valence-electron chi connectivity index (χ2n) is 16.3. The van der Waals surface area contributed by atoms with Crippen molar-refractivity contribution in [3.63, 3.8) is 0 Å². The zero-order valence-corrected chi connectivity index (χ0v) is 34.8. The average molecular weight is 894 g/mol. The Morgan fingerprint density at radius 2 is 0.970 bits per heavy atom. The summed E-state index contributed by atoms with van der Waals surface area (Å²) in [6.45, 7) is 3.94. The summed E-state index contributed by atoms with van der Waals surface area (Å²) < 4.78 is 138. The van der Waals surface area contributed by atoms with E-state index in [1.165, 1.54) is 34.9 Å². The zero-order valence-electron chi connectivity index (χ0n) is 34.8. The van der Waals surface area contributed by atoms with Crippen molar-refractivity contribution >= 4 is 43.6 Å². The molecular weight excluding hydrogens is 862 g/mol. The molecule has 8 aromatic carbocycles. The van der Waals surface area contributed by atoms with Crippen LogP contribution in [-0.4, -0.2) is 9.13 Å². The van der Waals surface area contributed by atoms with E-state index in [0.717, 1.165) is 28.3 Å². The molecule has 66 heavy (non-hydrogen) atoms. The first-order valence-electron chi connectivity index (χ1n) is 20.6. The highest BCUT2D eigenvalue weighted by atomic mass is 19.4. The molecule has 2 heterocycles. The Bertz CT molecular complexity index is 3650. The number of rotatable bonds is 5. The van der Waals surface area contributed by atoms with Crippen LogP contribution in [0.2, 0.25) is 0 Å². The van der Waals surface area contributed by atoms with Crippen LogP contribution in [0.5, 0.6) is 0 Å². The van der Waals surface area contributed by atoms with Crippen LogP contribution in [0, 0.1) is 25.2 Å². The molecule has 326 valence electrons. The quantitative estimate of drug-likeness (QED) is 0.159. The third-order valence-electron chi connectivity index (χ3n) is 12.2. The maximum absolute atomic E-state index is 16.6. The summed E-state index contributed by atoms with van der Waals surface area (Å²) in [5, 5.41) is 12.1. The topological polar surface area (TPSA) is 33.6 Å². The van der Waals surface area contributed by atoms with Crippen LogP contribution in [0.15, 0.2) is 158 Å². The predicted octanol–water partition coefficient (Wildman–Crippen LogP) is 16.4. The van der Waals surface area contributed by atoms with Gasteiger partial charge in [-0.05, 0) is 113 Å². The van der Waals surface area contributed by atoms with Gasteiger partial charge in [-0.3, -0.25) is 0 Å². The van der Waals surface area contributed by atoms with Gasteiger partial charge in [0.15, 0.2) is 0 Å². The number of aryl methyl sites for hydroxylation is 2. The Labute approximate surface area is 370 Å². The molecule has 0 aliphatic heterocycles. The lowest BCUT2D eigenvalue weighted by molar-refractivity contribution is -0.143. The molecule has 0 bridgehead atoms. The molecule has 0 amide bonds. The van der Waals surface area contributed by atoms with Crippen molar-refractivity contribution in [2.75, 3.05) is 0 Å². The molecule has 3 nitrogen and oxygen atoms in total. The van der Waals surface area contributed by atoms with Gasteiger partial charge in [-0.2, -0.15) is 44.8 Å². The van der Waals surface area contributed by atoms with Crippen LogP contribution in [0.25, 0.3) is 88.4 Å². The maximum atomic E-state index is 16.6. The number of halogens is 9. The average Bonchev–Trinajstić information content (AvgIpc) is 3.79. The fraction of sp³-hybridized carbons (Fsp3) is 0.0926. The molecule has 0 saturated heterocycles. The van der Waals surface area contributed by atoms with E-state index in [1.807, 2.05) is 56.3 Å². The normalized spacial score (nSPS) is 12.5. The molecule has 0 atom stereocenters. The Kier molecular flexibility index (Phi) is 9.69. The minimum atomic E-state index is -5.22. The standard InChI is InChI=1S/C54H32F9N3/c1-30-14-18-38(31(2)22-30)34-15-19-42-40-10-3-5-12-45(40)65(47(42)24-34)49-26-36(33-9-7-8-32(23-33)29-64)27-50(51(49)54(61,62)63)66-46-13-6-4-11-41(46)43-20-16-35(25-48(43)66)39-21-17-37(52(55,56)57)28-44(39)53(58,59)60/h3-28H,1-2H3. The van der Waals surface area contributed by atoms with Crippen LogP contribution >= 0.6 is 0 Å². The van der Waals surface area contributed by atoms with Gasteiger partial charge in [-0.25, -0.2) is 0 Å². The summed E-state index contributed by atoms with van der Waals surface area (Å²) in [7, 11) is 0. The summed E-state index contributed by atoms with van der Waals surface area (Å²) >= 11 is 0. The largest absolute Gasteiger partial charge is 0.420 e. The number of benzene rings is 8. The number of aromatic nitrogens is 2. The van der Waals surface area contributed by atoms with Gasteiger partial charge in [0, 0.05) is 21.5 Å². The highest BCUT2D eigenvalue weighted by Gasteiger charge is 2.41. The summed E-state index contributed by atoms with van der Waals surface area (Å²) in [4.78, 5) is 0. The Morgan fingerprint density at radius 1 is 0.424 bits per heavy atom. The van der Waals surface area contributed by atoms with E-state index in [0.29, 0.717) is 49.8 Å². The molecular formula is C54H32F9N3. The Morgan fingerprint density at radius 3 is 1.50 bits per heavy atom. The lowest BCUT2D eigenvalue weighted by atomic mass is 9.95. The van der Waals surface area contributed by atoms with Gasteiger partial charge in [0.05, 0.1) is 56.2 Å². The molecule has 2 aromatic heterocycles. The Hall–Kier alpha value is -7.78. The smallest absolute Gasteiger partial charge is 0.309 e. The molecule has 12 heteroatoms. The third kappa shape index (κ3) is 7.02. The molecule has 10 aromatic rings. The third-order valence-corrected chi connectivity index (χ3v) is 12.2. The van der Waals surface area contributed by atoms with Gasteiger partial charge < -0.3 is 9.13 Å². The van der Waals surface area contributed by atoms with Crippen molar-refractivity contribution < 1.29 is 39.5 Å². The summed E-state index contributed by atoms with van der Waals surface area (Å²) in [6, 6.07) is 42.1. The van der Waals surface area contributed by atoms with Gasteiger partial charge in [0.1, 0.15) is 5.56 Å². The van der Waals surface area contributed by atoms with E-state index >= 15 is 13.2 Å². The van der Waals surface area contributed by atoms with Crippen molar-refractivity contribution in [3.05, 3.63) is 191 Å². The van der Waals surface area contributed by atoms with E-state index in [1.54, 1.807) is 71.3 Å². The number of alkyl halides is 9. The van der Waals surface area contributed by atoms with Crippen molar-refractivity contribution in [3.8, 4) is 50.8 Å². The number of hydrogen-bond donors (Lipinski definition) is 0. The Balaban J connectivity index is 1.35. The zero-order chi connectivity index (χ0) is 46.4. The first kappa shape index (κ1) is 42.2. The predicted molar refractivity (Wildman–Crippen MR) is 241 cm³/mol. The molecule has 10 rings (SSSR count). The molecule has 0 saturated carbocycles. The second kappa shape index (κ2) is 15.2. The van der Waals surface area contributed by atoms with Crippen LogP contribution in [0.3, 0.4) is 0 Å². The minimum absolute atomic E-state index is 0.0409. The van der Waals surface area contributed by atoms with Crippen molar-refractivity contribution in [1.82, 2.24) is 9.13 Å². The number of para-hydroxylation sites is 2. The van der Waals surface area contributed by atoms with Crippen LogP contribution in [-0.2, 0) is 18.5 Å². The van der Waals surface area contributed by atoms with E-state index in [9.17, 15) is 31.6 Å². The number of fused-ring (bicyclic) bond motifs is 6. The van der Waals surface area contributed by atoms with Gasteiger partial charge >= 0.3 is 18.5 Å². The van der Waals surface area contributed by atoms with Crippen LogP contribution < -0.4 is 0 Å². The summed E-state index contributed by atoms with van der Waals surface area (Å²) in [6.07, 6.45) is -15.4. The fourth-order valence-corrected chi connectivity index (χ4v) is 9.33. The van der Waals surface area contributed by atoms with Gasteiger partial charge in [-0.15, -0.1) is 0 Å². The minimum Gasteiger partial charge on any atom is -0.309 e. The lowest BCUT2D eigenvalue weighted by Crippen LogP contribution is -2.16. The monoisotopic (exact) mass is 893 g/mol. The fourth-order valence-electron chi connectivity index (χ4n) is 9.33. The van der Waals surface area contributed by atoms with Gasteiger partial charge in [0.2, 0.25) is 0 Å². The number of nitrogens with zero attached hydrogens (tertiary/aromatic N) is 3. The SMILES string of the molecule is Cc1ccc(-c2ccc3c4ccccc4n(-c4cc(-c5cccc(C#N)c5)cc(-n5c6ccccc6c6ccc(-c7ccc(C(F)(F)F)cc7C(F)(F)F)cc65)c4C(F)(F)F)c3c2)c(C)c1. The van der Waals surface area contributed by atoms with Crippen molar-refractivity contribution in [2.45, 2.75) is 32.4 Å². The van der Waals surface area contributed by atoms with Crippen molar-refractivity contribution in [1.29, 1.82) is 5.26 Å². The van der Waals surface area contributed by atoms with E-state index in [4.69, 9.17) is 0 Å². The van der Waals surface area contributed by atoms with E-state index in [-0.39, 0.29) is 39.6 Å². The van der Waals surface area contributed by atoms with E-state index in [2.05, 4.69) is 6.07 Å². The molecule has 0 spiro atoms. The maximum Gasteiger partial charge on any atom is 0.420 e. The number of nitriles is 1. The first-order valence-corrected chi connectivity index (χ1v) is 20.6. The second-order valence-corrected chi connectivity index (χ2v) is 16.3. The van der Waals surface area contributed by atoms with Crippen LogP contribution in [0.4, 0.5) is 39.5 Å². The van der Waals surface area contributed by atoms with E-state index < -0.39 is 40.8 Å². The highest BCUT2D eigenvalue weighted by molar-refractivity contribution is 6.12. The van der Waals surface area contributed by atoms with Gasteiger partial charge in [-0.1, -0.05) is 103 Å². The summed E-state index contributed by atoms with van der Waals surface area (Å²) in [5.74, 6) is 0.